The van der Waals surface area contributed by atoms with Gasteiger partial charge in [-0.15, -0.1) is 11.3 Å². The van der Waals surface area contributed by atoms with Crippen LogP contribution < -0.4 is 0 Å². The van der Waals surface area contributed by atoms with Gasteiger partial charge in [-0.2, -0.15) is 0 Å². The topological polar surface area (TPSA) is 17.8 Å². The lowest BCUT2D eigenvalue weighted by molar-refractivity contribution is 0.766. The van der Waals surface area contributed by atoms with Crippen LogP contribution in [0.15, 0.2) is 30.0 Å². The van der Waals surface area contributed by atoms with Crippen LogP contribution >= 0.6 is 11.3 Å². The van der Waals surface area contributed by atoms with E-state index < -0.39 is 8.24 Å². The summed E-state index contributed by atoms with van der Waals surface area (Å²) in [5.74, 6) is 0. The summed E-state index contributed by atoms with van der Waals surface area (Å²) < 4.78 is 2.57. The van der Waals surface area contributed by atoms with Crippen molar-refractivity contribution in [1.82, 2.24) is 9.22 Å². The van der Waals surface area contributed by atoms with E-state index in [2.05, 4.69) is 69.2 Å². The van der Waals surface area contributed by atoms with Gasteiger partial charge < -0.3 is 4.23 Å². The fourth-order valence-corrected chi connectivity index (χ4v) is 11.1. The Hall–Kier alpha value is -0.873. The first-order chi connectivity index (χ1) is 9.40. The molecule has 2 heterocycles. The van der Waals surface area contributed by atoms with Crippen LogP contribution in [-0.2, 0) is 0 Å². The van der Waals surface area contributed by atoms with Crippen molar-refractivity contribution in [2.24, 2.45) is 0 Å². The quantitative estimate of drug-likeness (QED) is 0.654. The lowest BCUT2D eigenvalue weighted by atomic mass is 10.4. The van der Waals surface area contributed by atoms with Gasteiger partial charge in [0.1, 0.15) is 5.01 Å². The zero-order chi connectivity index (χ0) is 14.9. The van der Waals surface area contributed by atoms with E-state index in [1.54, 1.807) is 11.3 Å². The van der Waals surface area contributed by atoms with Crippen molar-refractivity contribution in [2.75, 3.05) is 0 Å². The molecule has 0 radical (unpaired) electrons. The highest BCUT2D eigenvalue weighted by Gasteiger charge is 2.44. The Kier molecular flexibility index (Phi) is 4.54. The van der Waals surface area contributed by atoms with Crippen molar-refractivity contribution in [3.8, 4) is 10.6 Å². The first-order valence-electron chi connectivity index (χ1n) is 7.49. The Morgan fingerprint density at radius 2 is 1.65 bits per heavy atom. The van der Waals surface area contributed by atoms with Gasteiger partial charge in [-0.05, 0) is 28.9 Å². The van der Waals surface area contributed by atoms with Crippen molar-refractivity contribution in [2.45, 2.75) is 58.2 Å². The van der Waals surface area contributed by atoms with Gasteiger partial charge in [-0.1, -0.05) is 41.5 Å². The molecule has 0 aliphatic heterocycles. The van der Waals surface area contributed by atoms with E-state index in [1.807, 2.05) is 11.6 Å². The molecule has 2 rings (SSSR count). The molecule has 2 aromatic heterocycles. The summed E-state index contributed by atoms with van der Waals surface area (Å²) in [6.45, 7) is 14.4. The highest BCUT2D eigenvalue weighted by Crippen LogP contribution is 2.43. The van der Waals surface area contributed by atoms with E-state index in [1.165, 1.54) is 5.56 Å². The molecule has 0 atom stereocenters. The summed E-state index contributed by atoms with van der Waals surface area (Å²) in [7, 11) is -1.60. The zero-order valence-electron chi connectivity index (χ0n) is 13.4. The maximum atomic E-state index is 4.44. The minimum atomic E-state index is -1.60. The third kappa shape index (κ3) is 2.39. The number of nitrogens with zero attached hydrogens (tertiary/aromatic N) is 2. The second kappa shape index (κ2) is 5.86. The molecular formula is C16H26N2SSi. The Balaban J connectivity index is 2.50. The van der Waals surface area contributed by atoms with Gasteiger partial charge in [0.2, 0.25) is 0 Å². The van der Waals surface area contributed by atoms with Crippen LogP contribution in [0, 0.1) is 0 Å². The zero-order valence-corrected chi connectivity index (χ0v) is 15.2. The van der Waals surface area contributed by atoms with Gasteiger partial charge in [-0.25, -0.2) is 4.98 Å². The first kappa shape index (κ1) is 15.5. The lowest BCUT2D eigenvalue weighted by Crippen LogP contribution is -2.51. The fourth-order valence-electron chi connectivity index (χ4n) is 4.02. The Labute approximate surface area is 128 Å². The molecule has 0 unspecified atom stereocenters. The Morgan fingerprint density at radius 3 is 2.10 bits per heavy atom. The van der Waals surface area contributed by atoms with Crippen LogP contribution in [-0.4, -0.2) is 17.5 Å². The smallest absolute Gasteiger partial charge is 0.168 e. The van der Waals surface area contributed by atoms with E-state index >= 15 is 0 Å². The molecule has 0 N–H and O–H groups in total. The second-order valence-electron chi connectivity index (χ2n) is 6.50. The van der Waals surface area contributed by atoms with E-state index in [9.17, 15) is 0 Å². The summed E-state index contributed by atoms with van der Waals surface area (Å²) in [4.78, 5) is 4.44. The van der Waals surface area contributed by atoms with Crippen molar-refractivity contribution in [3.05, 3.63) is 30.0 Å². The summed E-state index contributed by atoms with van der Waals surface area (Å²) in [5.41, 5.74) is 3.43. The molecule has 0 bridgehead atoms. The van der Waals surface area contributed by atoms with Gasteiger partial charge in [0.25, 0.3) is 0 Å². The van der Waals surface area contributed by atoms with Gasteiger partial charge in [0, 0.05) is 23.3 Å². The standard InChI is InChI=1S/C16H26N2SSi/c1-12(2)20(13(3)4,14(5)6)18-9-7-15(11-18)16-17-8-10-19-16/h7-14H,1-6H3. The minimum Gasteiger partial charge on any atom is -0.379 e. The second-order valence-corrected chi connectivity index (χ2v) is 13.1. The summed E-state index contributed by atoms with van der Waals surface area (Å²) in [5, 5.41) is 3.17. The molecule has 2 aromatic rings. The maximum absolute atomic E-state index is 4.44. The third-order valence-electron chi connectivity index (χ3n) is 4.59. The fraction of sp³-hybridized carbons (Fsp3) is 0.562. The van der Waals surface area contributed by atoms with Crippen LogP contribution in [0.4, 0.5) is 0 Å². The van der Waals surface area contributed by atoms with E-state index in [0.717, 1.165) is 21.6 Å². The van der Waals surface area contributed by atoms with Crippen LogP contribution in [0.5, 0.6) is 0 Å². The highest BCUT2D eigenvalue weighted by molar-refractivity contribution is 7.13. The third-order valence-corrected chi connectivity index (χ3v) is 12.1. The van der Waals surface area contributed by atoms with Gasteiger partial charge in [-0.3, -0.25) is 0 Å². The minimum absolute atomic E-state index is 0.721. The van der Waals surface area contributed by atoms with E-state index in [4.69, 9.17) is 0 Å². The molecule has 20 heavy (non-hydrogen) atoms. The molecule has 110 valence electrons. The van der Waals surface area contributed by atoms with Crippen LogP contribution in [0.2, 0.25) is 16.6 Å². The Morgan fingerprint density at radius 1 is 1.05 bits per heavy atom. The monoisotopic (exact) mass is 306 g/mol. The van der Waals surface area contributed by atoms with Gasteiger partial charge >= 0.3 is 0 Å². The molecule has 0 spiro atoms. The molecular weight excluding hydrogens is 280 g/mol. The van der Waals surface area contributed by atoms with Crippen LogP contribution in [0.1, 0.15) is 41.5 Å². The van der Waals surface area contributed by atoms with Crippen LogP contribution in [0.3, 0.4) is 0 Å². The van der Waals surface area contributed by atoms with Crippen molar-refractivity contribution in [1.29, 1.82) is 0 Å². The molecule has 0 aliphatic rings. The number of hydrogen-bond acceptors (Lipinski definition) is 2. The van der Waals surface area contributed by atoms with E-state index in [-0.39, 0.29) is 0 Å². The molecule has 0 aliphatic carbocycles. The van der Waals surface area contributed by atoms with Crippen molar-refractivity contribution < 1.29 is 0 Å². The predicted molar refractivity (Wildman–Crippen MR) is 92.0 cm³/mol. The summed E-state index contributed by atoms with van der Waals surface area (Å²) in [6.07, 6.45) is 6.52. The van der Waals surface area contributed by atoms with Gasteiger partial charge in [0.15, 0.2) is 8.24 Å². The summed E-state index contributed by atoms with van der Waals surface area (Å²) >= 11 is 1.72. The average Bonchev–Trinajstić information content (AvgIpc) is 2.97. The lowest BCUT2D eigenvalue weighted by Gasteiger charge is -2.44. The maximum Gasteiger partial charge on any atom is 0.168 e. The first-order valence-corrected chi connectivity index (χ1v) is 10.5. The Bertz CT molecular complexity index is 519. The molecule has 0 aromatic carbocycles. The van der Waals surface area contributed by atoms with Crippen molar-refractivity contribution in [3.63, 3.8) is 0 Å². The predicted octanol–water partition coefficient (Wildman–Crippen LogP) is 5.64. The molecule has 0 saturated heterocycles. The molecule has 0 saturated carbocycles. The normalized spacial score (nSPS) is 12.8. The highest BCUT2D eigenvalue weighted by atomic mass is 32.1. The number of thiazole rings is 1. The molecule has 4 heteroatoms. The average molecular weight is 307 g/mol. The number of aromatic nitrogens is 2. The number of hydrogen-bond donors (Lipinski definition) is 0. The van der Waals surface area contributed by atoms with Crippen molar-refractivity contribution >= 4 is 19.6 Å². The summed E-state index contributed by atoms with van der Waals surface area (Å²) in [6, 6.07) is 2.23. The molecule has 2 nitrogen and oxygen atoms in total. The van der Waals surface area contributed by atoms with Gasteiger partial charge in [0.05, 0.1) is 0 Å². The largest absolute Gasteiger partial charge is 0.379 e. The molecule has 0 fully saturated rings. The molecule has 0 amide bonds. The van der Waals surface area contributed by atoms with Crippen LogP contribution in [0.25, 0.3) is 10.6 Å². The van der Waals surface area contributed by atoms with E-state index in [0.29, 0.717) is 0 Å². The number of rotatable bonds is 5. The SMILES string of the molecule is CC(C)[Si](C(C)C)(C(C)C)n1ccc(-c2nccs2)c1.